The zero-order valence-corrected chi connectivity index (χ0v) is 85.6. The number of carbonyl (C=O) groups excluding carboxylic acids is 12. The maximum Gasteiger partial charge on any atom is 0.471 e. The molecule has 1 aromatic carbocycles. The summed E-state index contributed by atoms with van der Waals surface area (Å²) in [5.74, 6) is -8.18. The van der Waals surface area contributed by atoms with Crippen LogP contribution in [0.3, 0.4) is 0 Å². The second-order valence-corrected chi connectivity index (χ2v) is 39.1. The van der Waals surface area contributed by atoms with Crippen LogP contribution in [-0.4, -0.2) is 406 Å². The minimum absolute atomic E-state index is 0.00717. The number of unbranched alkanes of at least 4 members (excludes halogenated alkanes) is 17. The first-order valence-electron chi connectivity index (χ1n) is 50.2. The number of phosphoric ester groups is 1. The number of aliphatic hydroxyl groups excluding tert-OH is 12. The lowest BCUT2D eigenvalue weighted by molar-refractivity contribution is -0.270. The number of aliphatic carboxylic acids is 1. The molecule has 1 aromatic rings. The second-order valence-electron chi connectivity index (χ2n) is 36.2. The number of carboxylic acid groups (broad SMARTS) is 1. The molecule has 24 atom stereocenters. The Morgan fingerprint density at radius 3 is 1.00 bits per heavy atom. The van der Waals surface area contributed by atoms with E-state index in [1.165, 1.54) is 51.6 Å². The number of hydrogen-bond donors (Lipinski definition) is 26. The Labute approximate surface area is 853 Å². The second kappa shape index (κ2) is 71.5. The Morgan fingerprint density at radius 2 is 0.671 bits per heavy atom. The minimum Gasteiger partial charge on any atom is -0.492 e. The summed E-state index contributed by atoms with van der Waals surface area (Å²) in [7, 11) is -3.04. The number of carboxylic acids is 1. The van der Waals surface area contributed by atoms with Crippen molar-refractivity contribution in [1.82, 2.24) is 63.8 Å². The average Bonchev–Trinajstić information content (AvgIpc) is 0.817. The van der Waals surface area contributed by atoms with Gasteiger partial charge < -0.3 is 178 Å². The number of benzene rings is 1. The molecule has 4 heterocycles. The summed E-state index contributed by atoms with van der Waals surface area (Å²) < 4.78 is 72.8. The van der Waals surface area contributed by atoms with Gasteiger partial charge in [-0.3, -0.25) is 71.4 Å². The predicted octanol–water partition coefficient (Wildman–Crippen LogP) is -3.94. The fourth-order valence-corrected chi connectivity index (χ4v) is 17.8. The Kier molecular flexibility index (Phi) is 62.8. The SMILES string of the molecule is COP(=O)(O)OCCCCCCSC(CC(=O)O)C(=O)NCCCCCC(=O)NCCOc1cc(C(=O)NC(CCC(=O)NCCCCCCOC2OC(CO)C(O)C(O)C2NC(C)=O)C(=O)NCCCCCCOC2OC(CO)C(O)C(O)C2NC(C)=O)cc(C(=O)NC(CCC(=O)NCCCCCCOC2OC(CO)C(O)C(O)C2NC(C)=O)C(=O)NCCCCCCOC2OC(CO)C(O)C(O)C2NC(C)=O)c1. The number of hydrogen-bond acceptors (Lipinski definition) is 38. The molecule has 24 unspecified atom stereocenters. The van der Waals surface area contributed by atoms with Crippen LogP contribution < -0.4 is 68.5 Å². The van der Waals surface area contributed by atoms with Gasteiger partial charge in [0.25, 0.3) is 11.8 Å². The number of amides is 12. The third-order valence-corrected chi connectivity index (χ3v) is 26.5. The summed E-state index contributed by atoms with van der Waals surface area (Å²) in [4.78, 5) is 182. The molecule has 4 aliphatic heterocycles. The maximum absolute atomic E-state index is 15.0. The number of nitrogens with one attached hydrogen (secondary N) is 12. The van der Waals surface area contributed by atoms with Crippen molar-refractivity contribution in [2.24, 2.45) is 0 Å². The van der Waals surface area contributed by atoms with Gasteiger partial charge in [0.05, 0.1) is 51.2 Å². The molecule has 0 spiro atoms. The Morgan fingerprint density at radius 1 is 0.370 bits per heavy atom. The van der Waals surface area contributed by atoms with E-state index in [2.05, 4.69) is 68.3 Å². The number of aliphatic hydroxyl groups is 12. The molecule has 12 amide bonds. The van der Waals surface area contributed by atoms with Crippen molar-refractivity contribution >= 4 is 96.4 Å². The van der Waals surface area contributed by atoms with E-state index in [-0.39, 0.29) is 128 Å². The molecule has 0 bridgehead atoms. The van der Waals surface area contributed by atoms with Crippen LogP contribution in [0.2, 0.25) is 0 Å². The van der Waals surface area contributed by atoms with Gasteiger partial charge in [0.1, 0.15) is 122 Å². The number of rotatable bonds is 75. The van der Waals surface area contributed by atoms with Crippen LogP contribution in [0.15, 0.2) is 18.2 Å². The van der Waals surface area contributed by atoms with Crippen molar-refractivity contribution in [3.05, 3.63) is 29.3 Å². The first-order chi connectivity index (χ1) is 69.8. The van der Waals surface area contributed by atoms with E-state index >= 15 is 0 Å². The molecule has 26 N–H and O–H groups in total. The van der Waals surface area contributed by atoms with E-state index in [9.17, 15) is 138 Å². The molecule has 4 fully saturated rings. The molecule has 146 heavy (non-hydrogen) atoms. The standard InChI is InChI=1S/C93H159N12O39PS/c1-55(110)100-73-81(123)77(119)64(51-106)141-90(73)136-40-23-10-6-18-34-94-70(115)32-30-62(87(129)97-36-20-8-12-25-42-138-92-75(102-57(3)112)83(125)79(121)66(53-108)143-92)104-85(127)59-47-60(49-61(48-59)135-45-39-96-69(114)29-17-16-22-38-99-89(131)68(50-72(117)118)146-46-28-15-14-27-44-140-145(132,133)134-5)86(128)105-63(88(130)98-37-21-9-13-26-43-139-93-76(103-58(4)113)84(126)80(122)67(54-109)144-93)31-33-71(116)95-35-19-7-11-24-41-137-91-74(101-56(2)111)82(124)78(120)65(52-107)142-91/h47-49,62-68,73-84,90-93,106-109,119-126H,6-46,50-54H2,1-5H3,(H,94,115)(H,95,116)(H,96,114)(H,97,129)(H,98,130)(H,99,131)(H,100,110)(H,101,111)(H,102,112)(H,103,113)(H,104,127)(H,105,128)(H,117,118)(H,132,133). The molecule has 0 aliphatic carbocycles. The van der Waals surface area contributed by atoms with Crippen molar-refractivity contribution in [3.63, 3.8) is 0 Å². The van der Waals surface area contributed by atoms with Crippen LogP contribution in [0.5, 0.6) is 5.75 Å². The van der Waals surface area contributed by atoms with Crippen LogP contribution in [0.25, 0.3) is 0 Å². The van der Waals surface area contributed by atoms with Gasteiger partial charge >= 0.3 is 13.8 Å². The summed E-state index contributed by atoms with van der Waals surface area (Å²) >= 11 is 1.20. The highest BCUT2D eigenvalue weighted by atomic mass is 32.2. The van der Waals surface area contributed by atoms with Crippen LogP contribution in [0, 0.1) is 0 Å². The summed E-state index contributed by atoms with van der Waals surface area (Å²) in [6.07, 6.45) is -11.8. The highest BCUT2D eigenvalue weighted by Gasteiger charge is 2.50. The van der Waals surface area contributed by atoms with Crippen LogP contribution in [0.1, 0.15) is 235 Å². The third kappa shape index (κ3) is 48.8. The minimum atomic E-state index is -4.09. The van der Waals surface area contributed by atoms with Crippen molar-refractivity contribution in [3.8, 4) is 5.75 Å². The average molecular weight is 2130 g/mol. The first-order valence-corrected chi connectivity index (χ1v) is 52.8. The normalized spacial score (nSPS) is 25.0. The summed E-state index contributed by atoms with van der Waals surface area (Å²) in [5, 5.41) is 164. The molecule has 51 nitrogen and oxygen atoms in total. The van der Waals surface area contributed by atoms with Gasteiger partial charge in [-0.25, -0.2) is 4.57 Å². The fourth-order valence-electron chi connectivity index (χ4n) is 16.2. The van der Waals surface area contributed by atoms with E-state index in [4.69, 9.17) is 47.2 Å². The quantitative estimate of drug-likeness (QED) is 0.0219. The van der Waals surface area contributed by atoms with Gasteiger partial charge in [0.15, 0.2) is 25.2 Å². The predicted molar refractivity (Wildman–Crippen MR) is 518 cm³/mol. The number of phosphoric acid groups is 1. The van der Waals surface area contributed by atoms with Gasteiger partial charge in [-0.2, -0.15) is 0 Å². The summed E-state index contributed by atoms with van der Waals surface area (Å²) in [6.45, 7) is 2.81. The maximum atomic E-state index is 15.0. The molecule has 4 aliphatic rings. The van der Waals surface area contributed by atoms with Crippen LogP contribution in [0.4, 0.5) is 0 Å². The molecule has 0 radical (unpaired) electrons. The van der Waals surface area contributed by atoms with Gasteiger partial charge in [-0.05, 0) is 114 Å². The molecular formula is C93H159N12O39PS. The fraction of sp³-hybridized carbons (Fsp3) is 0.796. The molecule has 53 heteroatoms. The summed E-state index contributed by atoms with van der Waals surface area (Å²) in [6, 6.07) is -3.85. The Bertz CT molecular complexity index is 3940. The molecular weight excluding hydrogens is 1970 g/mol. The van der Waals surface area contributed by atoms with Gasteiger partial charge in [0, 0.05) is 124 Å². The number of carbonyl (C=O) groups is 13. The van der Waals surface area contributed by atoms with Crippen LogP contribution in [-0.2, 0) is 104 Å². The lowest BCUT2D eigenvalue weighted by atomic mass is 9.97. The molecule has 0 saturated carbocycles. The zero-order valence-electron chi connectivity index (χ0n) is 83.9. The highest BCUT2D eigenvalue weighted by Crippen LogP contribution is 2.42. The number of ether oxygens (including phenoxy) is 9. The molecule has 5 rings (SSSR count). The van der Waals surface area contributed by atoms with Crippen molar-refractivity contribution in [2.75, 3.05) is 118 Å². The van der Waals surface area contributed by atoms with E-state index in [1.807, 2.05) is 0 Å². The highest BCUT2D eigenvalue weighted by molar-refractivity contribution is 8.00. The van der Waals surface area contributed by atoms with Crippen molar-refractivity contribution in [2.45, 2.75) is 354 Å². The molecule has 836 valence electrons. The smallest absolute Gasteiger partial charge is 0.471 e. The van der Waals surface area contributed by atoms with Gasteiger partial charge in [-0.15, -0.1) is 11.8 Å². The third-order valence-electron chi connectivity index (χ3n) is 24.2. The van der Waals surface area contributed by atoms with Gasteiger partial charge in [-0.1, -0.05) is 70.6 Å². The lowest BCUT2D eigenvalue weighted by Gasteiger charge is -2.42. The topological polar surface area (TPSA) is 768 Å². The molecule has 0 aromatic heterocycles. The Balaban J connectivity index is 1.34. The zero-order chi connectivity index (χ0) is 108. The van der Waals surface area contributed by atoms with Gasteiger partial charge in [0.2, 0.25) is 59.1 Å². The molecule has 4 saturated heterocycles. The summed E-state index contributed by atoms with van der Waals surface area (Å²) in [5.41, 5.74) is -0.566. The van der Waals surface area contributed by atoms with E-state index < -0.39 is 257 Å². The Hall–Kier alpha value is -8.21. The van der Waals surface area contributed by atoms with Crippen LogP contribution >= 0.6 is 19.6 Å². The monoisotopic (exact) mass is 2130 g/mol. The van der Waals surface area contributed by atoms with Crippen molar-refractivity contribution in [1.29, 1.82) is 0 Å². The van der Waals surface area contributed by atoms with Crippen molar-refractivity contribution < 1.29 is 190 Å². The first kappa shape index (κ1) is 128. The van der Waals surface area contributed by atoms with E-state index in [0.717, 1.165) is 13.2 Å². The largest absolute Gasteiger partial charge is 0.492 e. The van der Waals surface area contributed by atoms with E-state index in [0.29, 0.717) is 153 Å². The van der Waals surface area contributed by atoms with E-state index in [1.54, 1.807) is 0 Å². The lowest BCUT2D eigenvalue weighted by Crippen LogP contribution is -2.64. The number of thioether (sulfide) groups is 1.